The van der Waals surface area contributed by atoms with Crippen LogP contribution >= 0.6 is 24.0 Å². The fourth-order valence-electron chi connectivity index (χ4n) is 2.38. The van der Waals surface area contributed by atoms with E-state index in [1.54, 1.807) is 7.11 Å². The van der Waals surface area contributed by atoms with Gasteiger partial charge in [-0.3, -0.25) is 4.99 Å². The molecule has 19 heavy (non-hydrogen) atoms. The van der Waals surface area contributed by atoms with E-state index >= 15 is 0 Å². The predicted octanol–water partition coefficient (Wildman–Crippen LogP) is 2.90. The first-order chi connectivity index (χ1) is 8.24. The number of nitrogens with two attached hydrogens (primary N) is 1. The number of hydrogen-bond acceptors (Lipinski definition) is 2. The molecule has 0 heterocycles. The maximum atomic E-state index is 5.90. The molecule has 1 saturated carbocycles. The van der Waals surface area contributed by atoms with Crippen LogP contribution in [0.3, 0.4) is 0 Å². The molecule has 0 aliphatic heterocycles. The summed E-state index contributed by atoms with van der Waals surface area (Å²) in [6, 6.07) is 0. The Morgan fingerprint density at radius 1 is 1.37 bits per heavy atom. The first kappa shape index (κ1) is 19.0. The van der Waals surface area contributed by atoms with Gasteiger partial charge in [-0.1, -0.05) is 6.92 Å². The van der Waals surface area contributed by atoms with Crippen LogP contribution in [0.2, 0.25) is 0 Å². The number of nitrogens with one attached hydrogen (secondary N) is 1. The second-order valence-corrected chi connectivity index (χ2v) is 6.82. The van der Waals surface area contributed by atoms with Crippen molar-refractivity contribution in [1.82, 2.24) is 5.32 Å². The topological polar surface area (TPSA) is 59.6 Å². The third-order valence-electron chi connectivity index (χ3n) is 3.61. The van der Waals surface area contributed by atoms with Crippen LogP contribution in [0.25, 0.3) is 0 Å². The second-order valence-electron chi connectivity index (χ2n) is 6.82. The van der Waals surface area contributed by atoms with Gasteiger partial charge >= 0.3 is 0 Å². The third kappa shape index (κ3) is 7.34. The number of rotatable bonds is 3. The number of methoxy groups -OCH3 is 1. The van der Waals surface area contributed by atoms with E-state index < -0.39 is 0 Å². The minimum absolute atomic E-state index is 0. The van der Waals surface area contributed by atoms with Crippen molar-refractivity contribution in [2.24, 2.45) is 16.1 Å². The van der Waals surface area contributed by atoms with Crippen LogP contribution in [0.1, 0.15) is 53.4 Å². The lowest BCUT2D eigenvalue weighted by Gasteiger charge is -2.35. The zero-order valence-electron chi connectivity index (χ0n) is 13.0. The third-order valence-corrected chi connectivity index (χ3v) is 3.61. The van der Waals surface area contributed by atoms with Gasteiger partial charge in [0, 0.05) is 19.2 Å². The van der Waals surface area contributed by atoms with Gasteiger partial charge in [0.2, 0.25) is 0 Å². The molecular formula is C14H30IN3O. The highest BCUT2D eigenvalue weighted by Crippen LogP contribution is 2.36. The van der Waals surface area contributed by atoms with Gasteiger partial charge < -0.3 is 15.8 Å². The average molecular weight is 383 g/mol. The zero-order chi connectivity index (χ0) is 13.8. The van der Waals surface area contributed by atoms with Crippen LogP contribution in [0, 0.1) is 5.41 Å². The number of aliphatic imine (C=N–C) groups is 1. The van der Waals surface area contributed by atoms with Crippen molar-refractivity contribution in [3.8, 4) is 0 Å². The lowest BCUT2D eigenvalue weighted by atomic mass is 9.75. The summed E-state index contributed by atoms with van der Waals surface area (Å²) >= 11 is 0. The first-order valence-corrected chi connectivity index (χ1v) is 6.85. The molecule has 0 aromatic carbocycles. The molecule has 4 nitrogen and oxygen atoms in total. The normalized spacial score (nSPS) is 28.7. The van der Waals surface area contributed by atoms with Crippen molar-refractivity contribution in [2.75, 3.05) is 13.7 Å². The van der Waals surface area contributed by atoms with Crippen LogP contribution in [-0.4, -0.2) is 31.3 Å². The van der Waals surface area contributed by atoms with Crippen LogP contribution < -0.4 is 11.1 Å². The number of ether oxygens (including phenoxy) is 1. The zero-order valence-corrected chi connectivity index (χ0v) is 15.3. The molecular weight excluding hydrogens is 353 g/mol. The number of hydrogen-bond donors (Lipinski definition) is 2. The van der Waals surface area contributed by atoms with Gasteiger partial charge in [0.15, 0.2) is 5.96 Å². The summed E-state index contributed by atoms with van der Waals surface area (Å²) < 4.78 is 5.40. The molecule has 0 radical (unpaired) electrons. The Morgan fingerprint density at radius 2 is 1.89 bits per heavy atom. The summed E-state index contributed by atoms with van der Waals surface area (Å²) in [5.74, 6) is 0.553. The van der Waals surface area contributed by atoms with Gasteiger partial charge in [-0.25, -0.2) is 0 Å². The number of nitrogens with zero attached hydrogens (tertiary/aromatic N) is 1. The standard InChI is InChI=1S/C14H29N3O.HI/c1-13(2,3)17-12(15)16-10-14(4)8-6-11(18-5)7-9-14;/h11H,6-10H2,1-5H3,(H3,15,16,17);1H. The molecule has 0 atom stereocenters. The number of guanidine groups is 1. The van der Waals surface area contributed by atoms with Gasteiger partial charge in [-0.2, -0.15) is 0 Å². The van der Waals surface area contributed by atoms with Crippen molar-refractivity contribution < 1.29 is 4.74 Å². The van der Waals surface area contributed by atoms with E-state index in [9.17, 15) is 0 Å². The minimum atomic E-state index is -0.0256. The molecule has 0 aromatic heterocycles. The number of halogens is 1. The predicted molar refractivity (Wildman–Crippen MR) is 92.2 cm³/mol. The molecule has 1 aliphatic rings. The van der Waals surface area contributed by atoms with Gasteiger partial charge in [-0.15, -0.1) is 24.0 Å². The lowest BCUT2D eigenvalue weighted by molar-refractivity contribution is 0.0352. The van der Waals surface area contributed by atoms with Crippen molar-refractivity contribution in [3.05, 3.63) is 0 Å². The quantitative estimate of drug-likeness (QED) is 0.448. The summed E-state index contributed by atoms with van der Waals surface area (Å²) in [4.78, 5) is 4.50. The highest BCUT2D eigenvalue weighted by atomic mass is 127. The monoisotopic (exact) mass is 383 g/mol. The molecule has 0 bridgehead atoms. The molecule has 1 fully saturated rings. The summed E-state index contributed by atoms with van der Waals surface area (Å²) in [5.41, 5.74) is 6.15. The highest BCUT2D eigenvalue weighted by Gasteiger charge is 2.31. The summed E-state index contributed by atoms with van der Waals surface area (Å²) in [5, 5.41) is 3.20. The maximum Gasteiger partial charge on any atom is 0.189 e. The Balaban J connectivity index is 0.00000324. The molecule has 3 N–H and O–H groups in total. The Labute approximate surface area is 135 Å². The average Bonchev–Trinajstić information content (AvgIpc) is 2.26. The van der Waals surface area contributed by atoms with E-state index in [1.807, 2.05) is 0 Å². The Hall–Kier alpha value is -0.0400. The molecule has 0 aromatic rings. The molecule has 0 saturated heterocycles. The SMILES string of the molecule is COC1CCC(C)(CN=C(N)NC(C)(C)C)CC1.I. The molecule has 0 unspecified atom stereocenters. The molecule has 1 rings (SSSR count). The van der Waals surface area contributed by atoms with Gasteiger partial charge in [0.1, 0.15) is 0 Å². The van der Waals surface area contributed by atoms with Gasteiger partial charge in [-0.05, 0) is 51.9 Å². The van der Waals surface area contributed by atoms with Crippen molar-refractivity contribution in [2.45, 2.75) is 65.0 Å². The van der Waals surface area contributed by atoms with Crippen LogP contribution in [-0.2, 0) is 4.74 Å². The van der Waals surface area contributed by atoms with Crippen molar-refractivity contribution >= 4 is 29.9 Å². The highest BCUT2D eigenvalue weighted by molar-refractivity contribution is 14.0. The van der Waals surface area contributed by atoms with E-state index in [4.69, 9.17) is 10.5 Å². The van der Waals surface area contributed by atoms with Gasteiger partial charge in [0.05, 0.1) is 6.10 Å². The Bertz CT molecular complexity index is 292. The molecule has 1 aliphatic carbocycles. The van der Waals surface area contributed by atoms with Gasteiger partial charge in [0.25, 0.3) is 0 Å². The van der Waals surface area contributed by atoms with Crippen LogP contribution in [0.15, 0.2) is 4.99 Å². The molecule has 114 valence electrons. The fraction of sp³-hybridized carbons (Fsp3) is 0.929. The maximum absolute atomic E-state index is 5.90. The summed E-state index contributed by atoms with van der Waals surface area (Å²) in [7, 11) is 1.80. The van der Waals surface area contributed by atoms with E-state index in [-0.39, 0.29) is 34.9 Å². The molecule has 5 heteroatoms. The van der Waals surface area contributed by atoms with Crippen LogP contribution in [0.4, 0.5) is 0 Å². The van der Waals surface area contributed by atoms with E-state index in [2.05, 4.69) is 38.0 Å². The lowest BCUT2D eigenvalue weighted by Crippen LogP contribution is -2.45. The van der Waals surface area contributed by atoms with E-state index in [0.29, 0.717) is 12.1 Å². The van der Waals surface area contributed by atoms with Crippen LogP contribution in [0.5, 0.6) is 0 Å². The Kier molecular flexibility index (Phi) is 7.65. The largest absolute Gasteiger partial charge is 0.381 e. The fourth-order valence-corrected chi connectivity index (χ4v) is 2.38. The Morgan fingerprint density at radius 3 is 2.32 bits per heavy atom. The molecule has 0 spiro atoms. The summed E-state index contributed by atoms with van der Waals surface area (Å²) in [6.45, 7) is 9.35. The minimum Gasteiger partial charge on any atom is -0.381 e. The molecule has 0 amide bonds. The smallest absolute Gasteiger partial charge is 0.189 e. The summed E-state index contributed by atoms with van der Waals surface area (Å²) in [6.07, 6.45) is 5.03. The van der Waals surface area contributed by atoms with E-state index in [0.717, 1.165) is 32.2 Å². The van der Waals surface area contributed by atoms with Crippen molar-refractivity contribution in [3.63, 3.8) is 0 Å². The first-order valence-electron chi connectivity index (χ1n) is 6.85. The van der Waals surface area contributed by atoms with Crippen molar-refractivity contribution in [1.29, 1.82) is 0 Å². The van der Waals surface area contributed by atoms with E-state index in [1.165, 1.54) is 0 Å². The second kappa shape index (κ2) is 7.67.